The summed E-state index contributed by atoms with van der Waals surface area (Å²) < 4.78 is 5.16. The summed E-state index contributed by atoms with van der Waals surface area (Å²) in [7, 11) is 0. The van der Waals surface area contributed by atoms with Crippen LogP contribution in [0.1, 0.15) is 6.42 Å². The zero-order valence-electron chi connectivity index (χ0n) is 9.28. The van der Waals surface area contributed by atoms with Crippen LogP contribution in [0.5, 0.6) is 5.75 Å². The summed E-state index contributed by atoms with van der Waals surface area (Å²) in [5, 5.41) is 11.6. The van der Waals surface area contributed by atoms with E-state index < -0.39 is 11.9 Å². The molecule has 0 aliphatic heterocycles. The predicted octanol–water partition coefficient (Wildman–Crippen LogP) is 1.96. The second-order valence-corrected chi connectivity index (χ2v) is 4.20. The molecule has 98 valence electrons. The second-order valence-electron chi connectivity index (χ2n) is 3.36. The topological polar surface area (TPSA) is 75.6 Å². The minimum absolute atomic E-state index is 0.0564. The monoisotopic (exact) mass is 291 g/mol. The number of amides is 1. The molecule has 0 radical (unpaired) electrons. The van der Waals surface area contributed by atoms with Gasteiger partial charge in [0.2, 0.25) is 0 Å². The smallest absolute Gasteiger partial charge is 0.305 e. The first-order valence-electron chi connectivity index (χ1n) is 5.05. The fraction of sp³-hybridized carbons (Fsp3) is 0.273. The molecule has 0 unspecified atom stereocenters. The van der Waals surface area contributed by atoms with E-state index in [0.717, 1.165) is 0 Å². The molecule has 7 heteroatoms. The predicted molar refractivity (Wildman–Crippen MR) is 67.2 cm³/mol. The first-order valence-corrected chi connectivity index (χ1v) is 5.81. The van der Waals surface area contributed by atoms with Gasteiger partial charge in [-0.25, -0.2) is 0 Å². The number of carboxylic acids is 1. The largest absolute Gasteiger partial charge is 0.482 e. The summed E-state index contributed by atoms with van der Waals surface area (Å²) in [6.45, 7) is -0.194. The van der Waals surface area contributed by atoms with Crippen LogP contribution >= 0.6 is 23.2 Å². The molecule has 1 aromatic carbocycles. The molecular formula is C11H11Cl2NO4. The van der Waals surface area contributed by atoms with Gasteiger partial charge in [-0.05, 0) is 12.1 Å². The van der Waals surface area contributed by atoms with E-state index in [1.165, 1.54) is 6.07 Å². The third-order valence-electron chi connectivity index (χ3n) is 1.91. The maximum absolute atomic E-state index is 11.3. The normalized spacial score (nSPS) is 9.89. The molecule has 0 heterocycles. The molecular weight excluding hydrogens is 281 g/mol. The van der Waals surface area contributed by atoms with Crippen LogP contribution < -0.4 is 10.1 Å². The van der Waals surface area contributed by atoms with Crippen LogP contribution in [-0.4, -0.2) is 30.1 Å². The van der Waals surface area contributed by atoms with E-state index in [1.807, 2.05) is 0 Å². The van der Waals surface area contributed by atoms with Gasteiger partial charge in [-0.1, -0.05) is 23.2 Å². The van der Waals surface area contributed by atoms with Gasteiger partial charge in [0.1, 0.15) is 5.75 Å². The van der Waals surface area contributed by atoms with Crippen LogP contribution in [0, 0.1) is 0 Å². The zero-order valence-corrected chi connectivity index (χ0v) is 10.8. The number of carbonyl (C=O) groups is 2. The maximum atomic E-state index is 11.3. The molecule has 5 nitrogen and oxygen atoms in total. The number of benzene rings is 1. The number of carbonyl (C=O) groups excluding carboxylic acids is 1. The Kier molecular flexibility index (Phi) is 5.74. The van der Waals surface area contributed by atoms with Gasteiger partial charge >= 0.3 is 5.97 Å². The third-order valence-corrected chi connectivity index (χ3v) is 2.46. The van der Waals surface area contributed by atoms with Crippen molar-refractivity contribution < 1.29 is 19.4 Å². The lowest BCUT2D eigenvalue weighted by Crippen LogP contribution is -2.30. The molecule has 1 aromatic rings. The summed E-state index contributed by atoms with van der Waals surface area (Å²) in [6.07, 6.45) is -0.135. The molecule has 0 aromatic heterocycles. The van der Waals surface area contributed by atoms with E-state index >= 15 is 0 Å². The van der Waals surface area contributed by atoms with Crippen molar-refractivity contribution in [1.82, 2.24) is 5.32 Å². The summed E-state index contributed by atoms with van der Waals surface area (Å²) in [4.78, 5) is 21.5. The highest BCUT2D eigenvalue weighted by Gasteiger charge is 2.07. The Hall–Kier alpha value is -1.46. The highest BCUT2D eigenvalue weighted by atomic mass is 35.5. The lowest BCUT2D eigenvalue weighted by Gasteiger charge is -2.08. The molecule has 1 amide bonds. The molecule has 1 rings (SSSR count). The van der Waals surface area contributed by atoms with Crippen molar-refractivity contribution in [3.63, 3.8) is 0 Å². The average Bonchev–Trinajstić information content (AvgIpc) is 2.30. The number of aliphatic carboxylic acids is 1. The van der Waals surface area contributed by atoms with Crippen molar-refractivity contribution in [2.45, 2.75) is 6.42 Å². The van der Waals surface area contributed by atoms with Crippen molar-refractivity contribution in [2.75, 3.05) is 13.2 Å². The number of carboxylic acid groups (broad SMARTS) is 1. The van der Waals surface area contributed by atoms with Gasteiger partial charge in [-0.3, -0.25) is 9.59 Å². The Morgan fingerprint density at radius 3 is 2.72 bits per heavy atom. The maximum Gasteiger partial charge on any atom is 0.305 e. The van der Waals surface area contributed by atoms with Crippen LogP contribution in [0.2, 0.25) is 10.0 Å². The molecule has 0 aliphatic carbocycles. The Labute approximate surface area is 114 Å². The molecule has 0 fully saturated rings. The molecule has 0 atom stereocenters. The van der Waals surface area contributed by atoms with Crippen molar-refractivity contribution in [3.8, 4) is 5.75 Å². The van der Waals surface area contributed by atoms with Gasteiger partial charge in [0.25, 0.3) is 5.91 Å². The Balaban J connectivity index is 2.38. The minimum atomic E-state index is -0.978. The van der Waals surface area contributed by atoms with E-state index in [9.17, 15) is 9.59 Å². The van der Waals surface area contributed by atoms with Gasteiger partial charge in [0.15, 0.2) is 6.61 Å². The van der Waals surface area contributed by atoms with Gasteiger partial charge in [-0.15, -0.1) is 0 Å². The van der Waals surface area contributed by atoms with Crippen LogP contribution in [0.15, 0.2) is 18.2 Å². The third kappa shape index (κ3) is 5.25. The average molecular weight is 292 g/mol. The van der Waals surface area contributed by atoms with E-state index in [-0.39, 0.29) is 19.6 Å². The van der Waals surface area contributed by atoms with E-state index in [2.05, 4.69) is 5.32 Å². The Bertz CT molecular complexity index is 451. The number of nitrogens with one attached hydrogen (secondary N) is 1. The van der Waals surface area contributed by atoms with Crippen LogP contribution in [0.4, 0.5) is 0 Å². The lowest BCUT2D eigenvalue weighted by molar-refractivity contribution is -0.137. The van der Waals surface area contributed by atoms with Crippen molar-refractivity contribution >= 4 is 35.1 Å². The first kappa shape index (κ1) is 14.6. The summed E-state index contributed by atoms with van der Waals surface area (Å²) >= 11 is 11.6. The number of halogens is 2. The standard InChI is InChI=1S/C11H11Cl2NO4/c12-7-1-2-8(13)9(5-7)18-6-10(15)14-4-3-11(16)17/h1-2,5H,3-4,6H2,(H,14,15)(H,16,17). The Morgan fingerprint density at radius 2 is 2.06 bits per heavy atom. The number of hydrogen-bond acceptors (Lipinski definition) is 3. The van der Waals surface area contributed by atoms with Crippen molar-refractivity contribution in [1.29, 1.82) is 0 Å². The Morgan fingerprint density at radius 1 is 1.33 bits per heavy atom. The van der Waals surface area contributed by atoms with Crippen LogP contribution in [-0.2, 0) is 9.59 Å². The van der Waals surface area contributed by atoms with Crippen LogP contribution in [0.3, 0.4) is 0 Å². The number of rotatable bonds is 6. The SMILES string of the molecule is O=C(O)CCNC(=O)COc1cc(Cl)ccc1Cl. The van der Waals surface area contributed by atoms with E-state index in [0.29, 0.717) is 15.8 Å². The van der Waals surface area contributed by atoms with E-state index in [4.69, 9.17) is 33.0 Å². The number of hydrogen-bond donors (Lipinski definition) is 2. The van der Waals surface area contributed by atoms with Gasteiger partial charge in [0.05, 0.1) is 11.4 Å². The van der Waals surface area contributed by atoms with E-state index in [1.54, 1.807) is 12.1 Å². The fourth-order valence-electron chi connectivity index (χ4n) is 1.09. The second kappa shape index (κ2) is 7.08. The van der Waals surface area contributed by atoms with Crippen molar-refractivity contribution in [2.24, 2.45) is 0 Å². The van der Waals surface area contributed by atoms with Gasteiger partial charge in [0, 0.05) is 17.6 Å². The fourth-order valence-corrected chi connectivity index (χ4v) is 1.43. The van der Waals surface area contributed by atoms with Gasteiger partial charge in [-0.2, -0.15) is 0 Å². The summed E-state index contributed by atoms with van der Waals surface area (Å²) in [5.74, 6) is -1.10. The highest BCUT2D eigenvalue weighted by Crippen LogP contribution is 2.27. The van der Waals surface area contributed by atoms with Crippen molar-refractivity contribution in [3.05, 3.63) is 28.2 Å². The molecule has 0 bridgehead atoms. The molecule has 0 saturated carbocycles. The molecule has 0 spiro atoms. The minimum Gasteiger partial charge on any atom is -0.482 e. The lowest BCUT2D eigenvalue weighted by atomic mass is 10.3. The zero-order chi connectivity index (χ0) is 13.5. The quantitative estimate of drug-likeness (QED) is 0.840. The number of ether oxygens (including phenoxy) is 1. The van der Waals surface area contributed by atoms with Crippen LogP contribution in [0.25, 0.3) is 0 Å². The van der Waals surface area contributed by atoms with Gasteiger partial charge < -0.3 is 15.2 Å². The molecule has 0 saturated heterocycles. The highest BCUT2D eigenvalue weighted by molar-refractivity contribution is 6.34. The first-order chi connectivity index (χ1) is 8.49. The molecule has 0 aliphatic rings. The molecule has 18 heavy (non-hydrogen) atoms. The summed E-state index contributed by atoms with van der Waals surface area (Å²) in [5.41, 5.74) is 0. The molecule has 2 N–H and O–H groups in total. The summed E-state index contributed by atoms with van der Waals surface area (Å²) in [6, 6.07) is 4.65.